The van der Waals surface area contributed by atoms with E-state index in [0.29, 0.717) is 50.2 Å². The van der Waals surface area contributed by atoms with Crippen molar-refractivity contribution >= 4 is 33.0 Å². The van der Waals surface area contributed by atoms with E-state index >= 15 is 4.39 Å². The van der Waals surface area contributed by atoms with Gasteiger partial charge in [-0.1, -0.05) is 0 Å². The van der Waals surface area contributed by atoms with Gasteiger partial charge in [0.1, 0.15) is 23.0 Å². The minimum absolute atomic E-state index is 0.0211. The molecule has 14 nitrogen and oxygen atoms in total. The molecule has 6 rings (SSSR count). The molecule has 0 bridgehead atoms. The molecule has 1 N–H and O–H groups in total. The molecular formula is C36H45FN6O8S. The number of hydrogen-bond acceptors (Lipinski definition) is 11. The molecule has 280 valence electrons. The van der Waals surface area contributed by atoms with Crippen LogP contribution in [-0.2, 0) is 29.2 Å². The van der Waals surface area contributed by atoms with Crippen LogP contribution in [0.3, 0.4) is 0 Å². The lowest BCUT2D eigenvalue weighted by molar-refractivity contribution is -0.162. The van der Waals surface area contributed by atoms with Crippen molar-refractivity contribution in [3.05, 3.63) is 53.6 Å². The van der Waals surface area contributed by atoms with Crippen molar-refractivity contribution in [1.29, 1.82) is 5.26 Å². The fraction of sp³-hybridized carbons (Fsp3) is 0.556. The van der Waals surface area contributed by atoms with E-state index in [9.17, 15) is 18.5 Å². The van der Waals surface area contributed by atoms with Gasteiger partial charge >= 0.3 is 16.3 Å². The number of benzene rings is 2. The molecule has 0 aliphatic carbocycles. The van der Waals surface area contributed by atoms with Crippen molar-refractivity contribution in [1.82, 2.24) is 19.2 Å². The number of likely N-dealkylation sites (tertiary alicyclic amines) is 1. The molecule has 16 heteroatoms. The summed E-state index contributed by atoms with van der Waals surface area (Å²) >= 11 is 0. The third-order valence-corrected chi connectivity index (χ3v) is 10.9. The molecular weight excluding hydrogens is 695 g/mol. The molecule has 1 spiro atoms. The van der Waals surface area contributed by atoms with Gasteiger partial charge < -0.3 is 28.6 Å². The van der Waals surface area contributed by atoms with E-state index in [0.717, 1.165) is 41.7 Å². The number of hydrogen-bond donors (Lipinski definition) is 1. The zero-order valence-corrected chi connectivity index (χ0v) is 30.7. The summed E-state index contributed by atoms with van der Waals surface area (Å²) in [5.74, 6) is -1.12. The van der Waals surface area contributed by atoms with Crippen LogP contribution in [0.1, 0.15) is 76.5 Å². The largest absolute Gasteiger partial charge is 0.453 e. The first-order valence-electron chi connectivity index (χ1n) is 17.5. The second-order valence-corrected chi connectivity index (χ2v) is 16.2. The van der Waals surface area contributed by atoms with Crippen LogP contribution in [0.25, 0.3) is 11.0 Å². The average molecular weight is 741 g/mol. The van der Waals surface area contributed by atoms with Crippen molar-refractivity contribution < 1.29 is 41.3 Å². The predicted octanol–water partition coefficient (Wildman–Crippen LogP) is 5.84. The first-order valence-corrected chi connectivity index (χ1v) is 18.9. The Kier molecular flexibility index (Phi) is 11.2. The SMILES string of the molecule is CN(CCOC1CCCCO1)S(=O)(=O)Nc1ccc(F)c(Oc2ccc3ncc([C@H]4COC5(CCN(C(=O)OC(C)(C)C)CC5)C4)nc3c2)c1C#N. The van der Waals surface area contributed by atoms with Crippen LogP contribution >= 0.6 is 0 Å². The number of carbonyl (C=O) groups is 1. The summed E-state index contributed by atoms with van der Waals surface area (Å²) in [7, 11) is -2.76. The summed E-state index contributed by atoms with van der Waals surface area (Å²) < 4.78 is 73.7. The van der Waals surface area contributed by atoms with E-state index < -0.39 is 27.4 Å². The Hall–Kier alpha value is -4.14. The van der Waals surface area contributed by atoms with Crippen molar-refractivity contribution in [2.75, 3.05) is 51.2 Å². The number of anilines is 1. The molecule has 3 aromatic rings. The molecule has 52 heavy (non-hydrogen) atoms. The van der Waals surface area contributed by atoms with Gasteiger partial charge in [0, 0.05) is 51.5 Å². The number of fused-ring (bicyclic) bond motifs is 1. The van der Waals surface area contributed by atoms with Crippen molar-refractivity contribution in [2.45, 2.75) is 82.7 Å². The fourth-order valence-corrected chi connectivity index (χ4v) is 7.45. The van der Waals surface area contributed by atoms with Gasteiger partial charge in [-0.05, 0) is 83.6 Å². The van der Waals surface area contributed by atoms with Gasteiger partial charge in [-0.2, -0.15) is 18.0 Å². The second-order valence-electron chi connectivity index (χ2n) is 14.4. The number of likely N-dealkylation sites (N-methyl/N-ethyl adjacent to an activating group) is 1. The molecule has 2 aromatic carbocycles. The Morgan fingerprint density at radius 2 is 1.98 bits per heavy atom. The molecule has 4 heterocycles. The standard InChI is InChI=1S/C36H45FN6O8S/c1-35(2,3)51-34(44)43-14-12-36(13-15-43)20-24(23-49-36)31-22-39-29-10-8-25(19-30(29)40-31)50-33-26(21-38)28(11-9-27(33)37)41-52(45,46)42(4)16-18-48-32-7-5-6-17-47-32/h8-11,19,22,24,32,41H,5-7,12-18,20,23H2,1-4H3/t24-,32?/m1/s1. The summed E-state index contributed by atoms with van der Waals surface area (Å²) in [5.41, 5.74) is 0.419. The third-order valence-electron chi connectivity index (χ3n) is 9.42. The highest BCUT2D eigenvalue weighted by atomic mass is 32.2. The van der Waals surface area contributed by atoms with Gasteiger partial charge in [0.15, 0.2) is 17.9 Å². The monoisotopic (exact) mass is 740 g/mol. The number of carbonyl (C=O) groups excluding carboxylic acids is 1. The van der Waals surface area contributed by atoms with Crippen LogP contribution < -0.4 is 9.46 Å². The Morgan fingerprint density at radius 3 is 2.69 bits per heavy atom. The summed E-state index contributed by atoms with van der Waals surface area (Å²) in [6, 6.07) is 8.93. The zero-order valence-electron chi connectivity index (χ0n) is 29.9. The van der Waals surface area contributed by atoms with Crippen LogP contribution in [0.5, 0.6) is 11.5 Å². The number of ether oxygens (including phenoxy) is 5. The average Bonchev–Trinajstić information content (AvgIpc) is 3.52. The van der Waals surface area contributed by atoms with Crippen LogP contribution in [0.4, 0.5) is 14.9 Å². The first kappa shape index (κ1) is 37.6. The highest BCUT2D eigenvalue weighted by molar-refractivity contribution is 7.90. The van der Waals surface area contributed by atoms with Gasteiger partial charge in [-0.25, -0.2) is 14.2 Å². The van der Waals surface area contributed by atoms with E-state index in [1.54, 1.807) is 29.3 Å². The van der Waals surface area contributed by atoms with Crippen molar-refractivity contribution in [2.24, 2.45) is 0 Å². The van der Waals surface area contributed by atoms with E-state index in [4.69, 9.17) is 28.7 Å². The Balaban J connectivity index is 1.12. The van der Waals surface area contributed by atoms with E-state index in [1.807, 2.05) is 26.8 Å². The zero-order chi connectivity index (χ0) is 37.1. The van der Waals surface area contributed by atoms with Crippen LogP contribution in [0.15, 0.2) is 36.5 Å². The number of nitriles is 1. The third kappa shape index (κ3) is 8.89. The van der Waals surface area contributed by atoms with Gasteiger partial charge in [-0.3, -0.25) is 9.71 Å². The quantitative estimate of drug-likeness (QED) is 0.266. The number of piperidine rings is 1. The maximum Gasteiger partial charge on any atom is 0.410 e. The molecule has 3 saturated heterocycles. The Bertz CT molecular complexity index is 1920. The Morgan fingerprint density at radius 1 is 1.19 bits per heavy atom. The van der Waals surface area contributed by atoms with E-state index in [-0.39, 0.29) is 54.1 Å². The minimum Gasteiger partial charge on any atom is -0.453 e. The number of rotatable bonds is 10. The lowest BCUT2D eigenvalue weighted by Gasteiger charge is -2.39. The fourth-order valence-electron chi connectivity index (χ4n) is 6.54. The van der Waals surface area contributed by atoms with Crippen LogP contribution in [0.2, 0.25) is 0 Å². The summed E-state index contributed by atoms with van der Waals surface area (Å²) in [6.45, 7) is 7.83. The number of nitrogens with zero attached hydrogens (tertiary/aromatic N) is 5. The van der Waals surface area contributed by atoms with E-state index in [2.05, 4.69) is 9.71 Å². The summed E-state index contributed by atoms with van der Waals surface area (Å²) in [4.78, 5) is 23.7. The normalized spacial score (nSPS) is 20.6. The van der Waals surface area contributed by atoms with Gasteiger partial charge in [0.25, 0.3) is 0 Å². The molecule has 1 unspecified atom stereocenters. The van der Waals surface area contributed by atoms with Gasteiger partial charge in [0.05, 0.1) is 41.2 Å². The van der Waals surface area contributed by atoms with Crippen LogP contribution in [-0.4, -0.2) is 97.7 Å². The first-order chi connectivity index (χ1) is 24.7. The van der Waals surface area contributed by atoms with Gasteiger partial charge in [0.2, 0.25) is 0 Å². The second kappa shape index (κ2) is 15.5. The van der Waals surface area contributed by atoms with Crippen molar-refractivity contribution in [3.8, 4) is 17.6 Å². The van der Waals surface area contributed by atoms with Crippen LogP contribution in [0, 0.1) is 17.1 Å². The number of amides is 1. The topological polar surface area (TPSA) is 165 Å². The molecule has 2 atom stereocenters. The maximum atomic E-state index is 15.2. The highest BCUT2D eigenvalue weighted by Crippen LogP contribution is 2.43. The number of halogens is 1. The molecule has 3 aliphatic heterocycles. The Labute approximate surface area is 303 Å². The molecule has 1 aromatic heterocycles. The predicted molar refractivity (Wildman–Crippen MR) is 189 cm³/mol. The highest BCUT2D eigenvalue weighted by Gasteiger charge is 2.45. The minimum atomic E-state index is -4.13. The maximum absolute atomic E-state index is 15.2. The molecule has 3 aliphatic rings. The number of nitrogens with one attached hydrogen (secondary N) is 1. The lowest BCUT2D eigenvalue weighted by atomic mass is 9.84. The molecule has 3 fully saturated rings. The van der Waals surface area contributed by atoms with Gasteiger partial charge in [-0.15, -0.1) is 0 Å². The van der Waals surface area contributed by atoms with E-state index in [1.165, 1.54) is 13.1 Å². The number of aromatic nitrogens is 2. The lowest BCUT2D eigenvalue weighted by Crippen LogP contribution is -2.47. The molecule has 1 amide bonds. The van der Waals surface area contributed by atoms with Crippen molar-refractivity contribution in [3.63, 3.8) is 0 Å². The molecule has 0 saturated carbocycles. The summed E-state index contributed by atoms with van der Waals surface area (Å²) in [6.07, 6.45) is 5.84. The molecule has 0 radical (unpaired) electrons. The smallest absolute Gasteiger partial charge is 0.410 e. The summed E-state index contributed by atoms with van der Waals surface area (Å²) in [5, 5.41) is 10.0.